The van der Waals surface area contributed by atoms with Gasteiger partial charge in [0.05, 0.1) is 22.3 Å². The second-order valence-electron chi connectivity index (χ2n) is 6.43. The lowest BCUT2D eigenvalue weighted by atomic mass is 10.1. The monoisotopic (exact) mass is 386 g/mol. The molecule has 4 rings (SSSR count). The first-order valence-electron chi connectivity index (χ1n) is 8.67. The van der Waals surface area contributed by atoms with Crippen molar-refractivity contribution in [1.29, 1.82) is 0 Å². The van der Waals surface area contributed by atoms with Gasteiger partial charge in [-0.3, -0.25) is 4.79 Å². The van der Waals surface area contributed by atoms with Crippen LogP contribution < -0.4 is 15.6 Å². The van der Waals surface area contributed by atoms with Crippen molar-refractivity contribution < 1.29 is 18.7 Å². The van der Waals surface area contributed by atoms with Crippen LogP contribution in [0.4, 0.5) is 14.5 Å². The molecule has 0 aliphatic carbocycles. The number of aromatic nitrogens is 2. The lowest BCUT2D eigenvalue weighted by Crippen LogP contribution is -2.44. The Morgan fingerprint density at radius 2 is 1.79 bits per heavy atom. The van der Waals surface area contributed by atoms with Crippen molar-refractivity contribution in [3.8, 4) is 5.69 Å². The summed E-state index contributed by atoms with van der Waals surface area (Å²) in [7, 11) is 0. The molecule has 2 N–H and O–H groups in total. The predicted molar refractivity (Wildman–Crippen MR) is 99.3 cm³/mol. The van der Waals surface area contributed by atoms with E-state index in [2.05, 4.69) is 10.4 Å². The highest BCUT2D eigenvalue weighted by atomic mass is 19.1. The summed E-state index contributed by atoms with van der Waals surface area (Å²) in [6.07, 6.45) is 0. The SMILES string of the molecule is O=C(O)c1nn(-c2ccc(F)cc2)c2cc(N3CCNCC3)c(F)cc2c1=O. The van der Waals surface area contributed by atoms with Gasteiger partial charge in [0.2, 0.25) is 11.1 Å². The topological polar surface area (TPSA) is 87.5 Å². The quantitative estimate of drug-likeness (QED) is 0.714. The maximum absolute atomic E-state index is 14.8. The molecule has 9 heteroatoms. The Morgan fingerprint density at radius 1 is 1.11 bits per heavy atom. The van der Waals surface area contributed by atoms with E-state index in [4.69, 9.17) is 0 Å². The molecule has 0 bridgehead atoms. The average molecular weight is 386 g/mol. The van der Waals surface area contributed by atoms with Crippen molar-refractivity contribution in [2.45, 2.75) is 0 Å². The Morgan fingerprint density at radius 3 is 2.43 bits per heavy atom. The van der Waals surface area contributed by atoms with Crippen molar-refractivity contribution in [2.24, 2.45) is 0 Å². The second-order valence-corrected chi connectivity index (χ2v) is 6.43. The standard InChI is InChI=1S/C19H16F2N4O3/c20-11-1-3-12(4-2-11)25-15-10-16(24-7-5-22-6-8-24)14(21)9-13(15)18(26)17(23-25)19(27)28/h1-4,9-10,22H,5-8H2,(H,27,28). The van der Waals surface area contributed by atoms with E-state index in [0.29, 0.717) is 37.6 Å². The van der Waals surface area contributed by atoms with Gasteiger partial charge in [0.1, 0.15) is 11.6 Å². The minimum Gasteiger partial charge on any atom is -0.476 e. The number of rotatable bonds is 3. The number of piperazine rings is 1. The third-order valence-electron chi connectivity index (χ3n) is 4.68. The zero-order chi connectivity index (χ0) is 19.8. The van der Waals surface area contributed by atoms with Crippen molar-refractivity contribution in [1.82, 2.24) is 15.1 Å². The number of carboxylic acid groups (broad SMARTS) is 1. The van der Waals surface area contributed by atoms with Gasteiger partial charge in [-0.25, -0.2) is 18.3 Å². The fourth-order valence-corrected chi connectivity index (χ4v) is 3.30. The molecule has 2 aromatic carbocycles. The molecular formula is C19H16F2N4O3. The molecule has 7 nitrogen and oxygen atoms in total. The van der Waals surface area contributed by atoms with Gasteiger partial charge in [-0.2, -0.15) is 5.10 Å². The van der Waals surface area contributed by atoms with E-state index >= 15 is 0 Å². The lowest BCUT2D eigenvalue weighted by molar-refractivity contribution is 0.0687. The zero-order valence-corrected chi connectivity index (χ0v) is 14.7. The van der Waals surface area contributed by atoms with Gasteiger partial charge in [-0.05, 0) is 36.4 Å². The molecule has 0 amide bonds. The summed E-state index contributed by atoms with van der Waals surface area (Å²) in [5.74, 6) is -2.60. The molecule has 1 aliphatic heterocycles. The van der Waals surface area contributed by atoms with E-state index in [1.165, 1.54) is 35.0 Å². The number of carboxylic acids is 1. The summed E-state index contributed by atoms with van der Waals surface area (Å²) in [6.45, 7) is 2.56. The Bertz CT molecular complexity index is 1120. The summed E-state index contributed by atoms with van der Waals surface area (Å²) < 4.78 is 29.3. The third kappa shape index (κ3) is 3.09. The number of aromatic carboxylic acids is 1. The summed E-state index contributed by atoms with van der Waals surface area (Å²) in [6, 6.07) is 7.74. The highest BCUT2D eigenvalue weighted by Gasteiger charge is 2.22. The Labute approximate surface area is 157 Å². The summed E-state index contributed by atoms with van der Waals surface area (Å²) in [5.41, 5.74) is -0.699. The normalized spacial score (nSPS) is 14.4. The molecular weight excluding hydrogens is 370 g/mol. The molecule has 28 heavy (non-hydrogen) atoms. The molecule has 1 saturated heterocycles. The fraction of sp³-hybridized carbons (Fsp3) is 0.211. The van der Waals surface area contributed by atoms with Crippen molar-refractivity contribution in [3.63, 3.8) is 0 Å². The molecule has 0 spiro atoms. The smallest absolute Gasteiger partial charge is 0.360 e. The van der Waals surface area contributed by atoms with Crippen LogP contribution in [0.2, 0.25) is 0 Å². The van der Waals surface area contributed by atoms with Gasteiger partial charge in [0.25, 0.3) is 0 Å². The van der Waals surface area contributed by atoms with Crippen LogP contribution in [0.25, 0.3) is 16.6 Å². The number of nitrogens with one attached hydrogen (secondary N) is 1. The van der Waals surface area contributed by atoms with Gasteiger partial charge in [-0.15, -0.1) is 0 Å². The summed E-state index contributed by atoms with van der Waals surface area (Å²) in [5, 5.41) is 16.3. The number of benzene rings is 2. The molecule has 1 fully saturated rings. The van der Waals surface area contributed by atoms with Crippen LogP contribution in [-0.2, 0) is 0 Å². The van der Waals surface area contributed by atoms with Gasteiger partial charge in [0.15, 0.2) is 0 Å². The van der Waals surface area contributed by atoms with Gasteiger partial charge in [-0.1, -0.05) is 0 Å². The second kappa shape index (κ2) is 7.01. The maximum atomic E-state index is 14.8. The first-order valence-corrected chi connectivity index (χ1v) is 8.67. The van der Waals surface area contributed by atoms with Crippen LogP contribution in [-0.4, -0.2) is 47.0 Å². The van der Waals surface area contributed by atoms with Crippen LogP contribution in [0.3, 0.4) is 0 Å². The number of carbonyl (C=O) groups is 1. The largest absolute Gasteiger partial charge is 0.476 e. The number of hydrogen-bond acceptors (Lipinski definition) is 5. The molecule has 1 aromatic heterocycles. The van der Waals surface area contributed by atoms with E-state index in [9.17, 15) is 23.5 Å². The van der Waals surface area contributed by atoms with Crippen LogP contribution in [0.5, 0.6) is 0 Å². The number of halogens is 2. The number of fused-ring (bicyclic) bond motifs is 1. The summed E-state index contributed by atoms with van der Waals surface area (Å²) in [4.78, 5) is 25.8. The van der Waals surface area contributed by atoms with Crippen molar-refractivity contribution in [2.75, 3.05) is 31.1 Å². The van der Waals surface area contributed by atoms with E-state index in [-0.39, 0.29) is 10.9 Å². The first kappa shape index (κ1) is 18.1. The average Bonchev–Trinajstić information content (AvgIpc) is 2.69. The molecule has 0 unspecified atom stereocenters. The summed E-state index contributed by atoms with van der Waals surface area (Å²) >= 11 is 0. The van der Waals surface area contributed by atoms with E-state index in [1.807, 2.05) is 4.90 Å². The van der Waals surface area contributed by atoms with E-state index < -0.39 is 28.7 Å². The highest BCUT2D eigenvalue weighted by Crippen LogP contribution is 2.26. The van der Waals surface area contributed by atoms with Gasteiger partial charge < -0.3 is 15.3 Å². The fourth-order valence-electron chi connectivity index (χ4n) is 3.30. The third-order valence-corrected chi connectivity index (χ3v) is 4.68. The van der Waals surface area contributed by atoms with Crippen molar-refractivity contribution in [3.05, 3.63) is 63.9 Å². The van der Waals surface area contributed by atoms with E-state index in [1.54, 1.807) is 0 Å². The number of hydrogen-bond donors (Lipinski definition) is 2. The zero-order valence-electron chi connectivity index (χ0n) is 14.7. The van der Waals surface area contributed by atoms with Crippen LogP contribution in [0.1, 0.15) is 10.5 Å². The Balaban J connectivity index is 2.01. The van der Waals surface area contributed by atoms with Crippen molar-refractivity contribution >= 4 is 22.6 Å². The van der Waals surface area contributed by atoms with Crippen LogP contribution in [0.15, 0.2) is 41.2 Å². The molecule has 1 aliphatic rings. The van der Waals surface area contributed by atoms with E-state index in [0.717, 1.165) is 6.07 Å². The minimum atomic E-state index is -1.52. The van der Waals surface area contributed by atoms with Crippen LogP contribution >= 0.6 is 0 Å². The molecule has 0 saturated carbocycles. The minimum absolute atomic E-state index is 0.104. The Kier molecular flexibility index (Phi) is 4.52. The number of nitrogens with zero attached hydrogens (tertiary/aromatic N) is 3. The van der Waals surface area contributed by atoms with Gasteiger partial charge >= 0.3 is 5.97 Å². The maximum Gasteiger partial charge on any atom is 0.360 e. The van der Waals surface area contributed by atoms with Crippen LogP contribution in [0, 0.1) is 11.6 Å². The molecule has 2 heterocycles. The molecule has 3 aromatic rings. The predicted octanol–water partition coefficient (Wildman–Crippen LogP) is 1.77. The molecule has 144 valence electrons. The van der Waals surface area contributed by atoms with Gasteiger partial charge in [0, 0.05) is 26.2 Å². The highest BCUT2D eigenvalue weighted by molar-refractivity contribution is 5.92. The number of anilines is 1. The lowest BCUT2D eigenvalue weighted by Gasteiger charge is -2.30. The first-order chi connectivity index (χ1) is 13.5. The molecule has 0 atom stereocenters. The Hall–Kier alpha value is -3.33. The molecule has 0 radical (unpaired) electrons.